The summed E-state index contributed by atoms with van der Waals surface area (Å²) < 4.78 is 0. The predicted octanol–water partition coefficient (Wildman–Crippen LogP) is 1.31. The summed E-state index contributed by atoms with van der Waals surface area (Å²) in [5.74, 6) is 0.925. The van der Waals surface area contributed by atoms with Crippen molar-refractivity contribution in [2.24, 2.45) is 5.92 Å². The third-order valence-corrected chi connectivity index (χ3v) is 1.84. The van der Waals surface area contributed by atoms with Crippen LogP contribution in [0.2, 0.25) is 0 Å². The van der Waals surface area contributed by atoms with Crippen LogP contribution in [0, 0.1) is 5.92 Å². The molecule has 2 heteroatoms. The summed E-state index contributed by atoms with van der Waals surface area (Å²) in [7, 11) is 0. The van der Waals surface area contributed by atoms with Crippen molar-refractivity contribution < 1.29 is 4.79 Å². The molecule has 0 aromatic rings. The molecule has 1 heterocycles. The van der Waals surface area contributed by atoms with E-state index in [2.05, 4.69) is 19.2 Å². The topological polar surface area (TPSA) is 29.1 Å². The molecule has 1 aliphatic heterocycles. The van der Waals surface area contributed by atoms with Gasteiger partial charge >= 0.3 is 0 Å². The van der Waals surface area contributed by atoms with E-state index in [0.29, 0.717) is 12.0 Å². The van der Waals surface area contributed by atoms with Gasteiger partial charge in [-0.25, -0.2) is 0 Å². The molecule has 0 aromatic heterocycles. The van der Waals surface area contributed by atoms with E-state index in [-0.39, 0.29) is 5.91 Å². The molecule has 0 unspecified atom stereocenters. The zero-order chi connectivity index (χ0) is 7.56. The Balaban J connectivity index is 2.24. The van der Waals surface area contributed by atoms with Gasteiger partial charge in [-0.05, 0) is 18.8 Å². The van der Waals surface area contributed by atoms with Crippen LogP contribution < -0.4 is 5.32 Å². The molecule has 10 heavy (non-hydrogen) atoms. The first-order valence-corrected chi connectivity index (χ1v) is 3.98. The predicted molar refractivity (Wildman–Crippen MR) is 40.6 cm³/mol. The van der Waals surface area contributed by atoms with Gasteiger partial charge in [0.05, 0.1) is 0 Å². The van der Waals surface area contributed by atoms with Gasteiger partial charge in [-0.15, -0.1) is 0 Å². The van der Waals surface area contributed by atoms with E-state index in [1.807, 2.05) is 0 Å². The van der Waals surface area contributed by atoms with Crippen molar-refractivity contribution in [3.05, 3.63) is 0 Å². The minimum absolute atomic E-state index is 0.227. The molecule has 1 amide bonds. The maximum atomic E-state index is 10.7. The first-order chi connectivity index (χ1) is 4.68. The van der Waals surface area contributed by atoms with Crippen molar-refractivity contribution >= 4 is 5.91 Å². The number of hydrogen-bond acceptors (Lipinski definition) is 1. The molecular formula is C8H15NO. The molecule has 0 spiro atoms. The Kier molecular flexibility index (Phi) is 2.30. The highest BCUT2D eigenvalue weighted by Crippen LogP contribution is 2.14. The highest BCUT2D eigenvalue weighted by molar-refractivity contribution is 5.78. The number of rotatable bonds is 2. The second-order valence-electron chi connectivity index (χ2n) is 3.43. The number of hydrogen-bond donors (Lipinski definition) is 1. The van der Waals surface area contributed by atoms with Crippen molar-refractivity contribution in [3.8, 4) is 0 Å². The standard InChI is InChI=1S/C8H15NO/c1-6(2)5-7-3-4-8(10)9-7/h6-7H,3-5H2,1-2H3,(H,9,10)/t7-/m1/s1. The van der Waals surface area contributed by atoms with Crippen LogP contribution in [0.15, 0.2) is 0 Å². The molecule has 58 valence electrons. The summed E-state index contributed by atoms with van der Waals surface area (Å²) in [4.78, 5) is 10.7. The van der Waals surface area contributed by atoms with E-state index in [1.54, 1.807) is 0 Å². The molecule has 1 atom stereocenters. The summed E-state index contributed by atoms with van der Waals surface area (Å²) in [6, 6.07) is 0.465. The molecule has 1 aliphatic rings. The Bertz CT molecular complexity index is 131. The molecule has 0 bridgehead atoms. The van der Waals surface area contributed by atoms with E-state index in [0.717, 1.165) is 19.3 Å². The van der Waals surface area contributed by atoms with Crippen molar-refractivity contribution in [2.75, 3.05) is 0 Å². The fourth-order valence-corrected chi connectivity index (χ4v) is 1.42. The van der Waals surface area contributed by atoms with Crippen LogP contribution in [0.1, 0.15) is 33.1 Å². The molecule has 0 saturated carbocycles. The van der Waals surface area contributed by atoms with Gasteiger partial charge < -0.3 is 5.32 Å². The average Bonchev–Trinajstić information content (AvgIpc) is 2.13. The highest BCUT2D eigenvalue weighted by atomic mass is 16.1. The maximum absolute atomic E-state index is 10.7. The zero-order valence-electron chi connectivity index (χ0n) is 6.68. The minimum atomic E-state index is 0.227. The van der Waals surface area contributed by atoms with Crippen molar-refractivity contribution in [1.82, 2.24) is 5.32 Å². The largest absolute Gasteiger partial charge is 0.353 e. The quantitative estimate of drug-likeness (QED) is 0.617. The average molecular weight is 141 g/mol. The number of nitrogens with one attached hydrogen (secondary N) is 1. The maximum Gasteiger partial charge on any atom is 0.220 e. The lowest BCUT2D eigenvalue weighted by atomic mass is 10.0. The van der Waals surface area contributed by atoms with Crippen LogP contribution in [-0.2, 0) is 4.79 Å². The van der Waals surface area contributed by atoms with Gasteiger partial charge in [0.15, 0.2) is 0 Å². The molecule has 0 aliphatic carbocycles. The lowest BCUT2D eigenvalue weighted by molar-refractivity contribution is -0.119. The second kappa shape index (κ2) is 3.04. The van der Waals surface area contributed by atoms with Gasteiger partial charge in [0, 0.05) is 12.5 Å². The fraction of sp³-hybridized carbons (Fsp3) is 0.875. The Morgan fingerprint density at radius 2 is 2.40 bits per heavy atom. The molecule has 0 aromatic carbocycles. The molecule has 1 saturated heterocycles. The molecule has 2 nitrogen and oxygen atoms in total. The first-order valence-electron chi connectivity index (χ1n) is 3.98. The van der Waals surface area contributed by atoms with Gasteiger partial charge in [-0.1, -0.05) is 13.8 Å². The van der Waals surface area contributed by atoms with Crippen LogP contribution in [0.3, 0.4) is 0 Å². The highest BCUT2D eigenvalue weighted by Gasteiger charge is 2.20. The fourth-order valence-electron chi connectivity index (χ4n) is 1.42. The summed E-state index contributed by atoms with van der Waals surface area (Å²) in [5, 5.41) is 2.95. The Morgan fingerprint density at radius 3 is 2.80 bits per heavy atom. The van der Waals surface area contributed by atoms with Gasteiger partial charge in [0.25, 0.3) is 0 Å². The minimum Gasteiger partial charge on any atom is -0.353 e. The van der Waals surface area contributed by atoms with Crippen LogP contribution in [0.5, 0.6) is 0 Å². The van der Waals surface area contributed by atoms with E-state index in [4.69, 9.17) is 0 Å². The van der Waals surface area contributed by atoms with Crippen LogP contribution >= 0.6 is 0 Å². The van der Waals surface area contributed by atoms with E-state index in [1.165, 1.54) is 0 Å². The van der Waals surface area contributed by atoms with Crippen LogP contribution in [0.25, 0.3) is 0 Å². The zero-order valence-corrected chi connectivity index (χ0v) is 6.68. The summed E-state index contributed by atoms with van der Waals surface area (Å²) in [6.45, 7) is 4.37. The van der Waals surface area contributed by atoms with E-state index < -0.39 is 0 Å². The number of carbonyl (C=O) groups is 1. The summed E-state index contributed by atoms with van der Waals surface area (Å²) in [6.07, 6.45) is 2.90. The molecule has 1 N–H and O–H groups in total. The number of carbonyl (C=O) groups excluding carboxylic acids is 1. The van der Waals surface area contributed by atoms with Gasteiger partial charge in [-0.3, -0.25) is 4.79 Å². The molecule has 0 radical (unpaired) electrons. The van der Waals surface area contributed by atoms with Gasteiger partial charge in [0.2, 0.25) is 5.91 Å². The lowest BCUT2D eigenvalue weighted by Gasteiger charge is -2.11. The van der Waals surface area contributed by atoms with Gasteiger partial charge in [-0.2, -0.15) is 0 Å². The summed E-state index contributed by atoms with van der Waals surface area (Å²) >= 11 is 0. The van der Waals surface area contributed by atoms with Crippen molar-refractivity contribution in [2.45, 2.75) is 39.2 Å². The smallest absolute Gasteiger partial charge is 0.220 e. The normalized spacial score (nSPS) is 25.5. The summed E-state index contributed by atoms with van der Waals surface area (Å²) in [5.41, 5.74) is 0. The SMILES string of the molecule is CC(C)C[C@H]1CCC(=O)N1. The van der Waals surface area contributed by atoms with Crippen molar-refractivity contribution in [1.29, 1.82) is 0 Å². The van der Waals surface area contributed by atoms with Crippen molar-refractivity contribution in [3.63, 3.8) is 0 Å². The molecule has 1 rings (SSSR count). The second-order valence-corrected chi connectivity index (χ2v) is 3.43. The van der Waals surface area contributed by atoms with E-state index in [9.17, 15) is 4.79 Å². The monoisotopic (exact) mass is 141 g/mol. The molecular weight excluding hydrogens is 126 g/mol. The van der Waals surface area contributed by atoms with Crippen LogP contribution in [-0.4, -0.2) is 11.9 Å². The Labute approximate surface area is 62.0 Å². The Morgan fingerprint density at radius 1 is 1.70 bits per heavy atom. The number of amides is 1. The third-order valence-electron chi connectivity index (χ3n) is 1.84. The van der Waals surface area contributed by atoms with Crippen LogP contribution in [0.4, 0.5) is 0 Å². The van der Waals surface area contributed by atoms with E-state index >= 15 is 0 Å². The lowest BCUT2D eigenvalue weighted by Crippen LogP contribution is -2.26. The molecule has 1 fully saturated rings. The Hall–Kier alpha value is -0.530. The first kappa shape index (κ1) is 7.58. The third kappa shape index (κ3) is 2.01. The van der Waals surface area contributed by atoms with Gasteiger partial charge in [0.1, 0.15) is 0 Å².